The molecule has 1 aliphatic heterocycles. The molecule has 0 unspecified atom stereocenters. The molecular weight excluding hydrogens is 412 g/mol. The summed E-state index contributed by atoms with van der Waals surface area (Å²) in [5, 5.41) is 7.53. The lowest BCUT2D eigenvalue weighted by atomic mass is 10.0. The molecule has 29 heavy (non-hydrogen) atoms. The van der Waals surface area contributed by atoms with Crippen LogP contribution in [0.4, 0.5) is 5.69 Å². The van der Waals surface area contributed by atoms with Crippen molar-refractivity contribution in [3.8, 4) is 0 Å². The number of carbonyl (C=O) groups excluding carboxylic acids is 1. The summed E-state index contributed by atoms with van der Waals surface area (Å²) in [4.78, 5) is 12.7. The van der Waals surface area contributed by atoms with Gasteiger partial charge in [0.1, 0.15) is 11.4 Å². The minimum Gasteiger partial charge on any atom is -0.323 e. The van der Waals surface area contributed by atoms with E-state index in [1.54, 1.807) is 26.0 Å². The molecule has 1 fully saturated rings. The monoisotopic (exact) mass is 438 g/mol. The fourth-order valence-electron chi connectivity index (χ4n) is 3.61. The molecule has 3 rings (SSSR count). The molecule has 7 nitrogen and oxygen atoms in total. The summed E-state index contributed by atoms with van der Waals surface area (Å²) >= 11 is 6.17. The SMILES string of the molecule is Cc1ccc(NC(=O)Cn2nc(C)c(S(=O)(=O)N3CCC(C)CC3)c2C)c(Cl)c1. The van der Waals surface area contributed by atoms with Gasteiger partial charge in [-0.05, 0) is 57.2 Å². The zero-order valence-corrected chi connectivity index (χ0v) is 18.8. The van der Waals surface area contributed by atoms with Crippen LogP contribution in [0.15, 0.2) is 23.1 Å². The first-order valence-electron chi connectivity index (χ1n) is 9.69. The topological polar surface area (TPSA) is 84.3 Å². The summed E-state index contributed by atoms with van der Waals surface area (Å²) in [5.74, 6) is 0.209. The van der Waals surface area contributed by atoms with E-state index < -0.39 is 10.0 Å². The van der Waals surface area contributed by atoms with Gasteiger partial charge in [-0.15, -0.1) is 0 Å². The summed E-state index contributed by atoms with van der Waals surface area (Å²) in [6.45, 7) is 8.34. The number of rotatable bonds is 5. The molecule has 0 aliphatic carbocycles. The van der Waals surface area contributed by atoms with E-state index in [4.69, 9.17) is 11.6 Å². The van der Waals surface area contributed by atoms with Crippen molar-refractivity contribution in [1.29, 1.82) is 0 Å². The lowest BCUT2D eigenvalue weighted by Gasteiger charge is -2.29. The number of sulfonamides is 1. The fraction of sp³-hybridized carbons (Fsp3) is 0.500. The number of anilines is 1. The van der Waals surface area contributed by atoms with Crippen LogP contribution in [0, 0.1) is 26.7 Å². The number of halogens is 1. The van der Waals surface area contributed by atoms with Crippen molar-refractivity contribution in [2.75, 3.05) is 18.4 Å². The molecule has 2 aromatic rings. The van der Waals surface area contributed by atoms with E-state index in [9.17, 15) is 13.2 Å². The van der Waals surface area contributed by atoms with Crippen LogP contribution < -0.4 is 5.32 Å². The van der Waals surface area contributed by atoms with Gasteiger partial charge in [0.15, 0.2) is 0 Å². The van der Waals surface area contributed by atoms with Gasteiger partial charge >= 0.3 is 0 Å². The van der Waals surface area contributed by atoms with E-state index in [-0.39, 0.29) is 17.3 Å². The van der Waals surface area contributed by atoms with E-state index in [2.05, 4.69) is 17.3 Å². The number of aromatic nitrogens is 2. The summed E-state index contributed by atoms with van der Waals surface area (Å²) in [5.41, 5.74) is 2.38. The maximum atomic E-state index is 13.2. The highest BCUT2D eigenvalue weighted by molar-refractivity contribution is 7.89. The first-order chi connectivity index (χ1) is 13.6. The Morgan fingerprint density at radius 2 is 1.90 bits per heavy atom. The molecule has 1 N–H and O–H groups in total. The molecule has 0 saturated carbocycles. The predicted octanol–water partition coefficient (Wildman–Crippen LogP) is 3.52. The Kier molecular flexibility index (Phi) is 6.36. The predicted molar refractivity (Wildman–Crippen MR) is 114 cm³/mol. The second kappa shape index (κ2) is 8.45. The number of aryl methyl sites for hydroxylation is 2. The number of piperidine rings is 1. The molecule has 1 saturated heterocycles. The standard InChI is InChI=1S/C20H27ClN4O3S/c1-13-7-9-24(10-8-13)29(27,28)20-15(3)23-25(16(20)4)12-19(26)22-18-6-5-14(2)11-17(18)21/h5-6,11,13H,7-10,12H2,1-4H3,(H,22,26). The van der Waals surface area contributed by atoms with Crippen LogP contribution in [-0.4, -0.2) is 41.5 Å². The quantitative estimate of drug-likeness (QED) is 0.773. The Hall–Kier alpha value is -1.90. The third kappa shape index (κ3) is 4.65. The van der Waals surface area contributed by atoms with Crippen molar-refractivity contribution >= 4 is 33.2 Å². The van der Waals surface area contributed by atoms with Gasteiger partial charge in [0.2, 0.25) is 15.9 Å². The molecule has 0 spiro atoms. The smallest absolute Gasteiger partial charge is 0.246 e. The van der Waals surface area contributed by atoms with Crippen molar-refractivity contribution in [2.45, 2.75) is 52.0 Å². The zero-order chi connectivity index (χ0) is 21.3. The molecule has 158 valence electrons. The minimum atomic E-state index is -3.63. The fourth-order valence-corrected chi connectivity index (χ4v) is 5.73. The zero-order valence-electron chi connectivity index (χ0n) is 17.2. The highest BCUT2D eigenvalue weighted by atomic mass is 35.5. The number of hydrogen-bond donors (Lipinski definition) is 1. The molecule has 1 aliphatic rings. The van der Waals surface area contributed by atoms with Crippen molar-refractivity contribution in [3.63, 3.8) is 0 Å². The number of carbonyl (C=O) groups is 1. The normalized spacial score (nSPS) is 16.2. The van der Waals surface area contributed by atoms with Crippen LogP contribution in [0.25, 0.3) is 0 Å². The average molecular weight is 439 g/mol. The maximum absolute atomic E-state index is 13.2. The number of hydrogen-bond acceptors (Lipinski definition) is 4. The van der Waals surface area contributed by atoms with Crippen LogP contribution >= 0.6 is 11.6 Å². The Balaban J connectivity index is 1.79. The van der Waals surface area contributed by atoms with Gasteiger partial charge in [0.25, 0.3) is 0 Å². The van der Waals surface area contributed by atoms with E-state index in [1.807, 2.05) is 13.0 Å². The van der Waals surface area contributed by atoms with Crippen molar-refractivity contribution in [3.05, 3.63) is 40.2 Å². The Labute approximate surface area is 177 Å². The first kappa shape index (κ1) is 21.8. The van der Waals surface area contributed by atoms with Crippen molar-refractivity contribution < 1.29 is 13.2 Å². The van der Waals surface area contributed by atoms with Crippen molar-refractivity contribution in [2.24, 2.45) is 5.92 Å². The average Bonchev–Trinajstić information content (AvgIpc) is 2.91. The Morgan fingerprint density at radius 1 is 1.24 bits per heavy atom. The molecule has 0 atom stereocenters. The Morgan fingerprint density at radius 3 is 2.52 bits per heavy atom. The van der Waals surface area contributed by atoms with Gasteiger partial charge in [-0.2, -0.15) is 9.40 Å². The van der Waals surface area contributed by atoms with Gasteiger partial charge in [-0.3, -0.25) is 9.48 Å². The lowest BCUT2D eigenvalue weighted by Crippen LogP contribution is -2.38. The van der Waals surface area contributed by atoms with Gasteiger partial charge < -0.3 is 5.32 Å². The number of nitrogens with zero attached hydrogens (tertiary/aromatic N) is 3. The molecule has 0 bridgehead atoms. The Bertz CT molecular complexity index is 1020. The first-order valence-corrected chi connectivity index (χ1v) is 11.5. The van der Waals surface area contributed by atoms with Crippen LogP contribution in [0.2, 0.25) is 5.02 Å². The maximum Gasteiger partial charge on any atom is 0.246 e. The third-order valence-electron chi connectivity index (χ3n) is 5.35. The highest BCUT2D eigenvalue weighted by Gasteiger charge is 2.33. The highest BCUT2D eigenvalue weighted by Crippen LogP contribution is 2.28. The minimum absolute atomic E-state index is 0.0938. The number of nitrogens with one attached hydrogen (secondary N) is 1. The van der Waals surface area contributed by atoms with Crippen LogP contribution in [0.1, 0.15) is 36.7 Å². The number of benzene rings is 1. The third-order valence-corrected chi connectivity index (χ3v) is 7.81. The number of amides is 1. The van der Waals surface area contributed by atoms with Crippen LogP contribution in [-0.2, 0) is 21.4 Å². The lowest BCUT2D eigenvalue weighted by molar-refractivity contribution is -0.116. The van der Waals surface area contributed by atoms with E-state index in [0.717, 1.165) is 18.4 Å². The molecule has 1 amide bonds. The second-order valence-electron chi connectivity index (χ2n) is 7.78. The largest absolute Gasteiger partial charge is 0.323 e. The van der Waals surface area contributed by atoms with Crippen LogP contribution in [0.3, 0.4) is 0 Å². The summed E-state index contributed by atoms with van der Waals surface area (Å²) < 4.78 is 29.3. The second-order valence-corrected chi connectivity index (χ2v) is 10.1. The summed E-state index contributed by atoms with van der Waals surface area (Å²) in [6, 6.07) is 5.36. The molecule has 0 radical (unpaired) electrons. The molecular formula is C20H27ClN4O3S. The van der Waals surface area contributed by atoms with Gasteiger partial charge in [0, 0.05) is 13.1 Å². The molecule has 2 heterocycles. The van der Waals surface area contributed by atoms with Gasteiger partial charge in [-0.1, -0.05) is 24.6 Å². The summed E-state index contributed by atoms with van der Waals surface area (Å²) in [6.07, 6.45) is 1.70. The van der Waals surface area contributed by atoms with E-state index >= 15 is 0 Å². The molecule has 1 aromatic heterocycles. The molecule has 9 heteroatoms. The summed E-state index contributed by atoms with van der Waals surface area (Å²) in [7, 11) is -3.63. The van der Waals surface area contributed by atoms with E-state index in [0.29, 0.717) is 41.1 Å². The van der Waals surface area contributed by atoms with Crippen molar-refractivity contribution in [1.82, 2.24) is 14.1 Å². The van der Waals surface area contributed by atoms with Gasteiger partial charge in [0.05, 0.1) is 22.1 Å². The van der Waals surface area contributed by atoms with Crippen LogP contribution in [0.5, 0.6) is 0 Å². The van der Waals surface area contributed by atoms with E-state index in [1.165, 1.54) is 8.99 Å². The molecule has 1 aromatic carbocycles. The van der Waals surface area contributed by atoms with Gasteiger partial charge in [-0.25, -0.2) is 8.42 Å².